The lowest BCUT2D eigenvalue weighted by Crippen LogP contribution is -2.18. The van der Waals surface area contributed by atoms with Crippen molar-refractivity contribution in [1.82, 2.24) is 0 Å². The second-order valence-corrected chi connectivity index (χ2v) is 6.96. The van der Waals surface area contributed by atoms with Crippen LogP contribution in [-0.4, -0.2) is 23.3 Å². The van der Waals surface area contributed by atoms with Crippen LogP contribution < -0.4 is 10.6 Å². The summed E-state index contributed by atoms with van der Waals surface area (Å²) < 4.78 is 0.830. The number of amides is 2. The normalized spacial score (nSPS) is 10.2. The first-order valence-corrected chi connectivity index (χ1v) is 9.54. The van der Waals surface area contributed by atoms with Gasteiger partial charge in [-0.25, -0.2) is 0 Å². The van der Waals surface area contributed by atoms with Crippen molar-refractivity contribution in [3.05, 3.63) is 58.6 Å². The van der Waals surface area contributed by atoms with Crippen LogP contribution >= 0.6 is 27.7 Å². The highest BCUT2D eigenvalue weighted by Crippen LogP contribution is 2.21. The van der Waals surface area contributed by atoms with E-state index < -0.39 is 0 Å². The Balaban J connectivity index is 1.71. The molecule has 0 atom stereocenters. The Kier molecular flexibility index (Phi) is 7.34. The van der Waals surface area contributed by atoms with Gasteiger partial charge in [0.25, 0.3) is 0 Å². The van der Waals surface area contributed by atoms with E-state index in [1.807, 2.05) is 48.5 Å². The maximum atomic E-state index is 11.9. The molecule has 0 spiro atoms. The summed E-state index contributed by atoms with van der Waals surface area (Å²) in [4.78, 5) is 23.8. The first-order valence-electron chi connectivity index (χ1n) is 7.59. The molecule has 0 bridgehead atoms. The molecule has 0 saturated carbocycles. The zero-order valence-corrected chi connectivity index (χ0v) is 15.7. The molecule has 0 aliphatic carbocycles. The fraction of sp³-hybridized carbons (Fsp3) is 0.222. The van der Waals surface area contributed by atoms with E-state index in [0.717, 1.165) is 22.3 Å². The number of rotatable bonds is 7. The number of nitrogens with one attached hydrogen (secondary N) is 2. The number of aryl methyl sites for hydroxylation is 1. The second-order valence-electron chi connectivity index (χ2n) is 5.12. The summed E-state index contributed by atoms with van der Waals surface area (Å²) in [6.45, 7) is 2.09. The molecule has 0 aliphatic rings. The predicted octanol–water partition coefficient (Wildman–Crippen LogP) is 4.32. The average molecular weight is 407 g/mol. The van der Waals surface area contributed by atoms with Gasteiger partial charge < -0.3 is 10.6 Å². The van der Waals surface area contributed by atoms with Gasteiger partial charge in [-0.1, -0.05) is 31.2 Å². The largest absolute Gasteiger partial charge is 0.325 e. The molecule has 2 aromatic carbocycles. The maximum absolute atomic E-state index is 11.9. The summed E-state index contributed by atoms with van der Waals surface area (Å²) in [6.07, 6.45) is 0.969. The number of hydrogen-bond donors (Lipinski definition) is 2. The molecular weight excluding hydrogens is 388 g/mol. The third kappa shape index (κ3) is 6.02. The first-order chi connectivity index (χ1) is 11.6. The first kappa shape index (κ1) is 18.5. The number of thioether (sulfide) groups is 1. The van der Waals surface area contributed by atoms with Gasteiger partial charge in [-0.2, -0.15) is 0 Å². The molecule has 0 saturated heterocycles. The Morgan fingerprint density at radius 2 is 1.58 bits per heavy atom. The van der Waals surface area contributed by atoms with Crippen LogP contribution in [0.25, 0.3) is 0 Å². The monoisotopic (exact) mass is 406 g/mol. The van der Waals surface area contributed by atoms with Gasteiger partial charge in [0.2, 0.25) is 11.8 Å². The van der Waals surface area contributed by atoms with Crippen molar-refractivity contribution in [1.29, 1.82) is 0 Å². The molecule has 0 unspecified atom stereocenters. The molecular formula is C18H19BrN2O2S. The number of hydrogen-bond acceptors (Lipinski definition) is 3. The quantitative estimate of drug-likeness (QED) is 0.719. The van der Waals surface area contributed by atoms with E-state index in [1.165, 1.54) is 17.3 Å². The van der Waals surface area contributed by atoms with Crippen LogP contribution in [-0.2, 0) is 16.0 Å². The lowest BCUT2D eigenvalue weighted by Gasteiger charge is -2.08. The maximum Gasteiger partial charge on any atom is 0.234 e. The van der Waals surface area contributed by atoms with Gasteiger partial charge in [0.1, 0.15) is 0 Å². The van der Waals surface area contributed by atoms with Crippen molar-refractivity contribution in [2.24, 2.45) is 0 Å². The van der Waals surface area contributed by atoms with Crippen LogP contribution in [0.5, 0.6) is 0 Å². The number of halogens is 1. The molecule has 2 N–H and O–H groups in total. The molecule has 126 valence electrons. The summed E-state index contributed by atoms with van der Waals surface area (Å²) in [5, 5.41) is 5.63. The van der Waals surface area contributed by atoms with Crippen molar-refractivity contribution >= 4 is 50.9 Å². The molecule has 0 fully saturated rings. The van der Waals surface area contributed by atoms with E-state index in [2.05, 4.69) is 33.5 Å². The highest BCUT2D eigenvalue weighted by atomic mass is 79.9. The predicted molar refractivity (Wildman–Crippen MR) is 105 cm³/mol. The molecule has 2 rings (SSSR count). The van der Waals surface area contributed by atoms with Crippen molar-refractivity contribution < 1.29 is 9.59 Å². The van der Waals surface area contributed by atoms with E-state index in [4.69, 9.17) is 0 Å². The van der Waals surface area contributed by atoms with Gasteiger partial charge in [0, 0.05) is 10.2 Å². The summed E-state index contributed by atoms with van der Waals surface area (Å²) in [7, 11) is 0. The Bertz CT molecular complexity index is 704. The third-order valence-corrected chi connectivity index (χ3v) is 4.88. The third-order valence-electron chi connectivity index (χ3n) is 3.26. The molecule has 24 heavy (non-hydrogen) atoms. The molecule has 0 heterocycles. The minimum absolute atomic E-state index is 0.113. The molecule has 4 nitrogen and oxygen atoms in total. The summed E-state index contributed by atoms with van der Waals surface area (Å²) in [5.74, 6) is 0.215. The van der Waals surface area contributed by atoms with Crippen molar-refractivity contribution in [3.63, 3.8) is 0 Å². The molecule has 6 heteroatoms. The van der Waals surface area contributed by atoms with Gasteiger partial charge in [0.05, 0.1) is 17.2 Å². The molecule has 0 radical (unpaired) electrons. The van der Waals surface area contributed by atoms with Crippen LogP contribution in [0.15, 0.2) is 53.0 Å². The Morgan fingerprint density at radius 1 is 0.958 bits per heavy atom. The number of carbonyl (C=O) groups excluding carboxylic acids is 2. The van der Waals surface area contributed by atoms with E-state index in [0.29, 0.717) is 0 Å². The lowest BCUT2D eigenvalue weighted by molar-refractivity contribution is -0.114. The van der Waals surface area contributed by atoms with Gasteiger partial charge in [-0.05, 0) is 52.2 Å². The summed E-state index contributed by atoms with van der Waals surface area (Å²) in [6, 6.07) is 15.2. The smallest absolute Gasteiger partial charge is 0.234 e. The fourth-order valence-electron chi connectivity index (χ4n) is 2.01. The SMILES string of the molecule is CCc1ccc(NC(=O)CSCC(=O)Nc2ccccc2Br)cc1. The van der Waals surface area contributed by atoms with Crippen LogP contribution in [0, 0.1) is 0 Å². The van der Waals surface area contributed by atoms with Crippen molar-refractivity contribution in [3.8, 4) is 0 Å². The highest BCUT2D eigenvalue weighted by Gasteiger charge is 2.08. The Morgan fingerprint density at radius 3 is 2.21 bits per heavy atom. The van der Waals surface area contributed by atoms with Gasteiger partial charge in [-0.15, -0.1) is 11.8 Å². The molecule has 0 aliphatic heterocycles. The van der Waals surface area contributed by atoms with E-state index in [9.17, 15) is 9.59 Å². The topological polar surface area (TPSA) is 58.2 Å². The Labute approximate surface area is 154 Å². The van der Waals surface area contributed by atoms with Gasteiger partial charge >= 0.3 is 0 Å². The van der Waals surface area contributed by atoms with E-state index in [1.54, 1.807) is 0 Å². The summed E-state index contributed by atoms with van der Waals surface area (Å²) in [5.41, 5.74) is 2.73. The molecule has 2 amide bonds. The minimum atomic E-state index is -0.132. The van der Waals surface area contributed by atoms with Crippen LogP contribution in [0.2, 0.25) is 0 Å². The minimum Gasteiger partial charge on any atom is -0.325 e. The number of para-hydroxylation sites is 1. The van der Waals surface area contributed by atoms with Crippen LogP contribution in [0.3, 0.4) is 0 Å². The van der Waals surface area contributed by atoms with Crippen LogP contribution in [0.1, 0.15) is 12.5 Å². The zero-order chi connectivity index (χ0) is 17.4. The second kappa shape index (κ2) is 9.49. The molecule has 2 aromatic rings. The summed E-state index contributed by atoms with van der Waals surface area (Å²) >= 11 is 4.66. The molecule has 0 aromatic heterocycles. The number of anilines is 2. The van der Waals surface area contributed by atoms with Gasteiger partial charge in [0.15, 0.2) is 0 Å². The average Bonchev–Trinajstić information content (AvgIpc) is 2.57. The highest BCUT2D eigenvalue weighted by molar-refractivity contribution is 9.10. The fourth-order valence-corrected chi connectivity index (χ4v) is 3.01. The number of carbonyl (C=O) groups is 2. The van der Waals surface area contributed by atoms with Crippen molar-refractivity contribution in [2.75, 3.05) is 22.1 Å². The Hall–Kier alpha value is -1.79. The standard InChI is InChI=1S/C18H19BrN2O2S/c1-2-13-7-9-14(10-8-13)20-17(22)11-24-12-18(23)21-16-6-4-3-5-15(16)19/h3-10H,2,11-12H2,1H3,(H,20,22)(H,21,23). The number of benzene rings is 2. The van der Waals surface area contributed by atoms with Crippen LogP contribution in [0.4, 0.5) is 11.4 Å². The lowest BCUT2D eigenvalue weighted by atomic mass is 10.1. The zero-order valence-electron chi connectivity index (χ0n) is 13.3. The van der Waals surface area contributed by atoms with E-state index >= 15 is 0 Å². The van der Waals surface area contributed by atoms with Crippen molar-refractivity contribution in [2.45, 2.75) is 13.3 Å². The van der Waals surface area contributed by atoms with E-state index in [-0.39, 0.29) is 23.3 Å². The van der Waals surface area contributed by atoms with Gasteiger partial charge in [-0.3, -0.25) is 9.59 Å².